The highest BCUT2D eigenvalue weighted by atomic mass is 16.6. The molecule has 3 nitrogen and oxygen atoms in total. The molecule has 1 aromatic rings. The summed E-state index contributed by atoms with van der Waals surface area (Å²) in [5, 5.41) is 20.0. The molecule has 2 rings (SSSR count). The van der Waals surface area contributed by atoms with Gasteiger partial charge in [0.15, 0.2) is 5.79 Å². The third kappa shape index (κ3) is 2.94. The van der Waals surface area contributed by atoms with Crippen molar-refractivity contribution in [1.29, 1.82) is 0 Å². The third-order valence-electron chi connectivity index (χ3n) is 3.04. The van der Waals surface area contributed by atoms with E-state index in [1.54, 1.807) is 6.08 Å². The summed E-state index contributed by atoms with van der Waals surface area (Å²) in [6.07, 6.45) is 1.89. The molecule has 0 radical (unpaired) electrons. The van der Waals surface area contributed by atoms with Crippen LogP contribution in [-0.2, 0) is 4.74 Å². The van der Waals surface area contributed by atoms with Gasteiger partial charge in [0.05, 0.1) is 12.2 Å². The van der Waals surface area contributed by atoms with Crippen molar-refractivity contribution in [3.63, 3.8) is 0 Å². The predicted octanol–water partition coefficient (Wildman–Crippen LogP) is 2.16. The Morgan fingerprint density at radius 3 is 2.76 bits per heavy atom. The van der Waals surface area contributed by atoms with Gasteiger partial charge in [0.25, 0.3) is 0 Å². The molecule has 0 saturated carbocycles. The van der Waals surface area contributed by atoms with E-state index < -0.39 is 11.9 Å². The second-order valence-corrected chi connectivity index (χ2v) is 4.55. The van der Waals surface area contributed by atoms with E-state index in [4.69, 9.17) is 4.74 Å². The summed E-state index contributed by atoms with van der Waals surface area (Å²) >= 11 is 0. The summed E-state index contributed by atoms with van der Waals surface area (Å²) < 4.78 is 5.70. The van der Waals surface area contributed by atoms with Crippen molar-refractivity contribution < 1.29 is 14.9 Å². The van der Waals surface area contributed by atoms with Gasteiger partial charge in [-0.2, -0.15) is 0 Å². The third-order valence-corrected chi connectivity index (χ3v) is 3.04. The number of hydrogen-bond donors (Lipinski definition) is 2. The summed E-state index contributed by atoms with van der Waals surface area (Å²) in [6, 6.07) is 9.66. The molecule has 0 aliphatic carbocycles. The van der Waals surface area contributed by atoms with Gasteiger partial charge >= 0.3 is 0 Å². The molecule has 1 heterocycles. The van der Waals surface area contributed by atoms with Crippen LogP contribution in [0, 0.1) is 0 Å². The van der Waals surface area contributed by atoms with Gasteiger partial charge in [-0.15, -0.1) is 6.58 Å². The normalized spacial score (nSPS) is 33.3. The number of aliphatic hydroxyl groups excluding tert-OH is 1. The van der Waals surface area contributed by atoms with E-state index in [-0.39, 0.29) is 12.5 Å². The molecule has 1 unspecified atom stereocenters. The Kier molecular flexibility index (Phi) is 3.62. The number of benzene rings is 1. The number of hydrogen-bond acceptors (Lipinski definition) is 3. The van der Waals surface area contributed by atoms with Gasteiger partial charge in [0, 0.05) is 19.3 Å². The van der Waals surface area contributed by atoms with Gasteiger partial charge in [-0.3, -0.25) is 0 Å². The van der Waals surface area contributed by atoms with Crippen molar-refractivity contribution in [2.24, 2.45) is 0 Å². The highest BCUT2D eigenvalue weighted by molar-refractivity contribution is 5.18. The van der Waals surface area contributed by atoms with Crippen LogP contribution in [0.1, 0.15) is 30.9 Å². The molecule has 1 aliphatic rings. The van der Waals surface area contributed by atoms with Crippen molar-refractivity contribution in [2.75, 3.05) is 0 Å². The zero-order valence-electron chi connectivity index (χ0n) is 9.75. The van der Waals surface area contributed by atoms with Gasteiger partial charge in [-0.05, 0) is 5.56 Å². The number of rotatable bonds is 3. The lowest BCUT2D eigenvalue weighted by Crippen LogP contribution is -2.42. The molecule has 1 aliphatic heterocycles. The number of aliphatic hydroxyl groups is 2. The van der Waals surface area contributed by atoms with Crippen LogP contribution in [-0.4, -0.2) is 22.1 Å². The molecule has 3 atom stereocenters. The quantitative estimate of drug-likeness (QED) is 0.788. The summed E-state index contributed by atoms with van der Waals surface area (Å²) in [5.41, 5.74) is 0.980. The summed E-state index contributed by atoms with van der Waals surface area (Å²) in [4.78, 5) is 0. The van der Waals surface area contributed by atoms with Crippen molar-refractivity contribution in [3.05, 3.63) is 48.6 Å². The van der Waals surface area contributed by atoms with Crippen molar-refractivity contribution in [3.8, 4) is 0 Å². The van der Waals surface area contributed by atoms with Crippen LogP contribution >= 0.6 is 0 Å². The molecular weight excluding hydrogens is 216 g/mol. The van der Waals surface area contributed by atoms with Gasteiger partial charge in [-0.25, -0.2) is 0 Å². The largest absolute Gasteiger partial charge is 0.393 e. The lowest BCUT2D eigenvalue weighted by Gasteiger charge is -2.39. The topological polar surface area (TPSA) is 49.7 Å². The molecule has 1 saturated heterocycles. The van der Waals surface area contributed by atoms with Gasteiger partial charge < -0.3 is 14.9 Å². The lowest BCUT2D eigenvalue weighted by molar-refractivity contribution is -0.272. The molecule has 0 amide bonds. The average Bonchev–Trinajstić information content (AvgIpc) is 2.29. The van der Waals surface area contributed by atoms with E-state index in [9.17, 15) is 10.2 Å². The van der Waals surface area contributed by atoms with Crippen LogP contribution < -0.4 is 0 Å². The van der Waals surface area contributed by atoms with Crippen LogP contribution in [0.15, 0.2) is 43.0 Å². The van der Waals surface area contributed by atoms with Crippen LogP contribution in [0.3, 0.4) is 0 Å². The van der Waals surface area contributed by atoms with Crippen LogP contribution in [0.4, 0.5) is 0 Å². The Morgan fingerprint density at radius 2 is 2.12 bits per heavy atom. The van der Waals surface area contributed by atoms with Gasteiger partial charge in [0.1, 0.15) is 0 Å². The Balaban J connectivity index is 2.16. The second kappa shape index (κ2) is 5.00. The Morgan fingerprint density at radius 1 is 1.41 bits per heavy atom. The SMILES string of the molecule is C=CCC1(O)C[C@H](O)C[C@@H](c2ccccc2)O1. The molecule has 2 N–H and O–H groups in total. The maximum absolute atomic E-state index is 10.2. The van der Waals surface area contributed by atoms with Crippen LogP contribution in [0.2, 0.25) is 0 Å². The van der Waals surface area contributed by atoms with Crippen LogP contribution in [0.5, 0.6) is 0 Å². The van der Waals surface area contributed by atoms with Gasteiger partial charge in [-0.1, -0.05) is 36.4 Å². The minimum atomic E-state index is -1.29. The first-order valence-electron chi connectivity index (χ1n) is 5.87. The zero-order chi connectivity index (χ0) is 12.3. The molecule has 1 fully saturated rings. The van der Waals surface area contributed by atoms with E-state index in [0.29, 0.717) is 12.8 Å². The Labute approximate surface area is 101 Å². The van der Waals surface area contributed by atoms with E-state index in [1.807, 2.05) is 30.3 Å². The van der Waals surface area contributed by atoms with Crippen molar-refractivity contribution in [2.45, 2.75) is 37.3 Å². The molecule has 0 bridgehead atoms. The van der Waals surface area contributed by atoms with E-state index in [1.165, 1.54) is 0 Å². The maximum atomic E-state index is 10.2. The maximum Gasteiger partial charge on any atom is 0.172 e. The lowest BCUT2D eigenvalue weighted by atomic mass is 9.93. The Hall–Kier alpha value is -1.16. The summed E-state index contributed by atoms with van der Waals surface area (Å²) in [6.45, 7) is 3.60. The van der Waals surface area contributed by atoms with Crippen molar-refractivity contribution >= 4 is 0 Å². The minimum Gasteiger partial charge on any atom is -0.393 e. The molecule has 3 heteroatoms. The molecule has 0 aromatic heterocycles. The predicted molar refractivity (Wildman–Crippen MR) is 65.3 cm³/mol. The number of ether oxygens (including phenoxy) is 1. The second-order valence-electron chi connectivity index (χ2n) is 4.55. The fourth-order valence-electron chi connectivity index (χ4n) is 2.29. The zero-order valence-corrected chi connectivity index (χ0v) is 9.75. The molecular formula is C14H18O3. The fourth-order valence-corrected chi connectivity index (χ4v) is 2.29. The standard InChI is InChI=1S/C14H18O3/c1-2-8-14(16)10-12(15)9-13(17-14)11-6-4-3-5-7-11/h2-7,12-13,15-16H,1,8-10H2/t12-,13+,14?/m1/s1. The van der Waals surface area contributed by atoms with Gasteiger partial charge in [0.2, 0.25) is 0 Å². The highest BCUT2D eigenvalue weighted by Gasteiger charge is 2.39. The van der Waals surface area contributed by atoms with E-state index in [2.05, 4.69) is 6.58 Å². The molecule has 0 spiro atoms. The monoisotopic (exact) mass is 234 g/mol. The van der Waals surface area contributed by atoms with Crippen molar-refractivity contribution in [1.82, 2.24) is 0 Å². The average molecular weight is 234 g/mol. The highest BCUT2D eigenvalue weighted by Crippen LogP contribution is 2.37. The molecule has 1 aromatic carbocycles. The van der Waals surface area contributed by atoms with E-state index >= 15 is 0 Å². The molecule has 17 heavy (non-hydrogen) atoms. The first-order chi connectivity index (χ1) is 8.13. The first kappa shape index (κ1) is 12.3. The first-order valence-corrected chi connectivity index (χ1v) is 5.87. The smallest absolute Gasteiger partial charge is 0.172 e. The van der Waals surface area contributed by atoms with E-state index in [0.717, 1.165) is 5.56 Å². The minimum absolute atomic E-state index is 0.238. The summed E-state index contributed by atoms with van der Waals surface area (Å²) in [7, 11) is 0. The Bertz CT molecular complexity index is 376. The molecule has 92 valence electrons. The van der Waals surface area contributed by atoms with Crippen LogP contribution in [0.25, 0.3) is 0 Å². The fraction of sp³-hybridized carbons (Fsp3) is 0.429. The summed E-state index contributed by atoms with van der Waals surface area (Å²) in [5.74, 6) is -1.29.